The first-order chi connectivity index (χ1) is 9.15. The zero-order chi connectivity index (χ0) is 13.7. The van der Waals surface area contributed by atoms with Gasteiger partial charge in [-0.05, 0) is 32.0 Å². The summed E-state index contributed by atoms with van der Waals surface area (Å²) in [5.74, 6) is 0. The molecule has 0 spiro atoms. The summed E-state index contributed by atoms with van der Waals surface area (Å²) in [4.78, 5) is 2.25. The van der Waals surface area contributed by atoms with E-state index < -0.39 is 6.43 Å². The van der Waals surface area contributed by atoms with Gasteiger partial charge in [-0.3, -0.25) is 0 Å². The van der Waals surface area contributed by atoms with Gasteiger partial charge in [-0.1, -0.05) is 30.7 Å². The first-order valence-corrected chi connectivity index (χ1v) is 6.94. The lowest BCUT2D eigenvalue weighted by Crippen LogP contribution is -2.42. The van der Waals surface area contributed by atoms with Crippen LogP contribution in [0, 0.1) is 0 Å². The maximum atomic E-state index is 12.5. The van der Waals surface area contributed by atoms with Crippen molar-refractivity contribution >= 4 is 0 Å². The summed E-state index contributed by atoms with van der Waals surface area (Å²) < 4.78 is 24.9. The van der Waals surface area contributed by atoms with Crippen LogP contribution in [0.5, 0.6) is 0 Å². The van der Waals surface area contributed by atoms with Gasteiger partial charge in [0, 0.05) is 24.7 Å². The average Bonchev–Trinajstić information content (AvgIpc) is 2.40. The predicted molar refractivity (Wildman–Crippen MR) is 73.4 cm³/mol. The molecular weight excluding hydrogens is 246 g/mol. The minimum atomic E-state index is -2.38. The molecule has 1 aliphatic heterocycles. The number of benzene rings is 1. The highest BCUT2D eigenvalue weighted by Gasteiger charge is 2.14. The lowest BCUT2D eigenvalue weighted by Gasteiger charge is -2.28. The van der Waals surface area contributed by atoms with E-state index >= 15 is 0 Å². The van der Waals surface area contributed by atoms with Crippen LogP contribution in [0.3, 0.4) is 0 Å². The Morgan fingerprint density at radius 3 is 2.58 bits per heavy atom. The van der Waals surface area contributed by atoms with Gasteiger partial charge in [0.15, 0.2) is 0 Å². The van der Waals surface area contributed by atoms with Crippen LogP contribution in [0.25, 0.3) is 0 Å². The maximum Gasteiger partial charge on any atom is 0.263 e. The first kappa shape index (κ1) is 14.4. The lowest BCUT2D eigenvalue weighted by atomic mass is 10.0. The average molecular weight is 268 g/mol. The van der Waals surface area contributed by atoms with E-state index in [4.69, 9.17) is 0 Å². The number of piperidine rings is 1. The molecule has 0 aliphatic carbocycles. The Balaban J connectivity index is 1.82. The maximum absolute atomic E-state index is 12.5. The van der Waals surface area contributed by atoms with Crippen LogP contribution >= 0.6 is 0 Å². The third kappa shape index (κ3) is 4.55. The molecule has 0 aromatic heterocycles. The minimum Gasteiger partial charge on any atom is -0.313 e. The molecular formula is C15H22F2N2. The highest BCUT2D eigenvalue weighted by atomic mass is 19.3. The van der Waals surface area contributed by atoms with Gasteiger partial charge in [0.1, 0.15) is 0 Å². The van der Waals surface area contributed by atoms with Crippen LogP contribution in [-0.2, 0) is 6.54 Å². The van der Waals surface area contributed by atoms with E-state index in [1.54, 1.807) is 12.1 Å². The molecule has 106 valence electrons. The van der Waals surface area contributed by atoms with E-state index in [-0.39, 0.29) is 5.56 Å². The normalized spacial score (nSPS) is 20.2. The molecule has 1 aliphatic rings. The van der Waals surface area contributed by atoms with Crippen molar-refractivity contribution in [2.75, 3.05) is 20.1 Å². The molecule has 4 heteroatoms. The Labute approximate surface area is 113 Å². The zero-order valence-corrected chi connectivity index (χ0v) is 11.4. The molecule has 2 nitrogen and oxygen atoms in total. The summed E-state index contributed by atoms with van der Waals surface area (Å²) in [6, 6.07) is 7.21. The fraction of sp³-hybridized carbons (Fsp3) is 0.600. The first-order valence-electron chi connectivity index (χ1n) is 6.94. The quantitative estimate of drug-likeness (QED) is 0.882. The topological polar surface area (TPSA) is 15.3 Å². The summed E-state index contributed by atoms with van der Waals surface area (Å²) in [5, 5.41) is 3.52. The number of nitrogens with one attached hydrogen (secondary N) is 1. The van der Waals surface area contributed by atoms with Crippen molar-refractivity contribution in [2.45, 2.75) is 38.3 Å². The third-order valence-corrected chi connectivity index (χ3v) is 3.63. The van der Waals surface area contributed by atoms with Gasteiger partial charge in [-0.2, -0.15) is 0 Å². The molecule has 1 fully saturated rings. The van der Waals surface area contributed by atoms with E-state index in [2.05, 4.69) is 17.3 Å². The van der Waals surface area contributed by atoms with Gasteiger partial charge in [-0.25, -0.2) is 8.78 Å². The van der Waals surface area contributed by atoms with Crippen LogP contribution in [0.2, 0.25) is 0 Å². The monoisotopic (exact) mass is 268 g/mol. The molecule has 0 radical (unpaired) electrons. The smallest absolute Gasteiger partial charge is 0.263 e. The van der Waals surface area contributed by atoms with Crippen molar-refractivity contribution in [1.29, 1.82) is 0 Å². The molecule has 1 aromatic rings. The summed E-state index contributed by atoms with van der Waals surface area (Å²) in [6.07, 6.45) is 1.43. The molecule has 1 atom stereocenters. The number of nitrogens with zero attached hydrogens (tertiary/aromatic N) is 1. The number of likely N-dealkylation sites (N-methyl/N-ethyl adjacent to an activating group) is 1. The highest BCUT2D eigenvalue weighted by Crippen LogP contribution is 2.19. The Bertz CT molecular complexity index is 372. The number of hydrogen-bond acceptors (Lipinski definition) is 2. The Hall–Kier alpha value is -1.00. The largest absolute Gasteiger partial charge is 0.313 e. The minimum absolute atomic E-state index is 0.0975. The fourth-order valence-electron chi connectivity index (χ4n) is 2.60. The van der Waals surface area contributed by atoms with Gasteiger partial charge < -0.3 is 10.2 Å². The Morgan fingerprint density at radius 2 is 2.00 bits per heavy atom. The highest BCUT2D eigenvalue weighted by molar-refractivity contribution is 5.23. The second-order valence-corrected chi connectivity index (χ2v) is 5.39. The molecule has 1 saturated heterocycles. The predicted octanol–water partition coefficient (Wildman–Crippen LogP) is 3.20. The van der Waals surface area contributed by atoms with Crippen LogP contribution in [0.15, 0.2) is 24.3 Å². The molecule has 1 N–H and O–H groups in total. The Morgan fingerprint density at radius 1 is 1.26 bits per heavy atom. The van der Waals surface area contributed by atoms with Gasteiger partial charge in [0.05, 0.1) is 0 Å². The second kappa shape index (κ2) is 6.96. The second-order valence-electron chi connectivity index (χ2n) is 5.39. The number of halogens is 2. The lowest BCUT2D eigenvalue weighted by molar-refractivity contribution is 0.151. The van der Waals surface area contributed by atoms with Crippen LogP contribution in [0.4, 0.5) is 8.78 Å². The van der Waals surface area contributed by atoms with Crippen LogP contribution in [-0.4, -0.2) is 31.1 Å². The standard InChI is InChI=1S/C15H22F2N2/c1-19(11-14-4-2-3-9-18-14)10-12-5-7-13(8-6-12)15(16)17/h5-8,14-15,18H,2-4,9-11H2,1H3. The Kier molecular flexibility index (Phi) is 5.28. The van der Waals surface area contributed by atoms with Crippen molar-refractivity contribution in [3.05, 3.63) is 35.4 Å². The SMILES string of the molecule is CN(Cc1ccc(C(F)F)cc1)CC1CCCCN1. The number of hydrogen-bond donors (Lipinski definition) is 1. The molecule has 0 bridgehead atoms. The van der Waals surface area contributed by atoms with E-state index in [1.165, 1.54) is 31.4 Å². The molecule has 0 saturated carbocycles. The van der Waals surface area contributed by atoms with Crippen molar-refractivity contribution in [1.82, 2.24) is 10.2 Å². The summed E-state index contributed by atoms with van der Waals surface area (Å²) in [7, 11) is 2.08. The van der Waals surface area contributed by atoms with E-state index in [9.17, 15) is 8.78 Å². The fourth-order valence-corrected chi connectivity index (χ4v) is 2.60. The number of alkyl halides is 2. The summed E-state index contributed by atoms with van der Waals surface area (Å²) in [5.41, 5.74) is 1.18. The molecule has 1 heterocycles. The van der Waals surface area contributed by atoms with Crippen LogP contribution in [0.1, 0.15) is 36.8 Å². The number of rotatable bonds is 5. The molecule has 19 heavy (non-hydrogen) atoms. The van der Waals surface area contributed by atoms with Crippen LogP contribution < -0.4 is 5.32 Å². The van der Waals surface area contributed by atoms with Gasteiger partial charge >= 0.3 is 0 Å². The molecule has 1 unspecified atom stereocenters. The van der Waals surface area contributed by atoms with Crippen molar-refractivity contribution < 1.29 is 8.78 Å². The molecule has 1 aromatic carbocycles. The van der Waals surface area contributed by atoms with E-state index in [0.29, 0.717) is 6.04 Å². The van der Waals surface area contributed by atoms with Crippen molar-refractivity contribution in [3.63, 3.8) is 0 Å². The van der Waals surface area contributed by atoms with Crippen molar-refractivity contribution in [3.8, 4) is 0 Å². The molecule has 2 rings (SSSR count). The zero-order valence-electron chi connectivity index (χ0n) is 11.4. The van der Waals surface area contributed by atoms with Gasteiger partial charge in [0.25, 0.3) is 6.43 Å². The summed E-state index contributed by atoms with van der Waals surface area (Å²) >= 11 is 0. The van der Waals surface area contributed by atoms with Gasteiger partial charge in [0.2, 0.25) is 0 Å². The molecule has 0 amide bonds. The third-order valence-electron chi connectivity index (χ3n) is 3.63. The van der Waals surface area contributed by atoms with Crippen molar-refractivity contribution in [2.24, 2.45) is 0 Å². The summed E-state index contributed by atoms with van der Waals surface area (Å²) in [6.45, 7) is 2.93. The van der Waals surface area contributed by atoms with E-state index in [0.717, 1.165) is 25.2 Å². The van der Waals surface area contributed by atoms with E-state index in [1.807, 2.05) is 0 Å². The van der Waals surface area contributed by atoms with Gasteiger partial charge in [-0.15, -0.1) is 0 Å².